The summed E-state index contributed by atoms with van der Waals surface area (Å²) >= 11 is 0. The first-order chi connectivity index (χ1) is 29.2. The zero-order chi connectivity index (χ0) is 49.1. The second kappa shape index (κ2) is 27.2. The number of hydrogen-bond donors (Lipinski definition) is 0. The van der Waals surface area contributed by atoms with Crippen LogP contribution in [0.1, 0.15) is 91.9 Å². The number of allylic oxidation sites excluding steroid dienone is 4. The topological polar surface area (TPSA) is 341 Å². The quantitative estimate of drug-likeness (QED) is 0.0192. The van der Waals surface area contributed by atoms with E-state index in [4.69, 9.17) is 0 Å². The number of nitrogens with zero attached hydrogens (tertiary/aromatic N) is 1. The third-order valence-electron chi connectivity index (χ3n) is 9.27. The summed E-state index contributed by atoms with van der Waals surface area (Å²) in [5, 5.41) is 0. The minimum absolute atomic E-state index is 0. The highest BCUT2D eigenvalue weighted by Gasteiger charge is 2.50. The van der Waals surface area contributed by atoms with Crippen LogP contribution in [-0.2, 0) is 95.9 Å². The lowest BCUT2D eigenvalue weighted by Gasteiger charge is -2.41. The number of quaternary nitrogens is 1. The summed E-state index contributed by atoms with van der Waals surface area (Å²) in [4.78, 5) is 247. The maximum absolute atomic E-state index is 13.3. The summed E-state index contributed by atoms with van der Waals surface area (Å²) in [6.45, 7) is 6.00. The normalized spacial score (nSPS) is 11.8. The van der Waals surface area contributed by atoms with Gasteiger partial charge in [-0.25, -0.2) is 0 Å². The van der Waals surface area contributed by atoms with Crippen molar-refractivity contribution in [1.82, 2.24) is 0 Å². The molecule has 0 aromatic rings. The first-order valence-corrected chi connectivity index (χ1v) is 19.2. The van der Waals surface area contributed by atoms with Crippen molar-refractivity contribution in [3.63, 3.8) is 0 Å². The van der Waals surface area contributed by atoms with E-state index in [1.165, 1.54) is 13.8 Å². The Morgan fingerprint density at radius 1 is 0.344 bits per heavy atom. The van der Waals surface area contributed by atoms with Crippen molar-refractivity contribution >= 4 is 116 Å². The fraction of sp³-hybridized carbons (Fsp3) is 0.429. The van der Waals surface area contributed by atoms with Crippen LogP contribution >= 0.6 is 0 Å². The smallest absolute Gasteiger partial charge is 0.281 e. The molecule has 0 spiro atoms. The van der Waals surface area contributed by atoms with E-state index in [0.717, 1.165) is 14.1 Å². The van der Waals surface area contributed by atoms with Crippen molar-refractivity contribution in [1.29, 1.82) is 0 Å². The van der Waals surface area contributed by atoms with Gasteiger partial charge in [-0.05, 0) is 37.1 Å². The van der Waals surface area contributed by atoms with E-state index < -0.39 is 145 Å². The maximum atomic E-state index is 13.3. The van der Waals surface area contributed by atoms with Crippen LogP contribution in [0.4, 0.5) is 0 Å². The minimum Gasteiger partial charge on any atom is -1.00 e. The lowest BCUT2D eigenvalue weighted by Crippen LogP contribution is -3.00. The summed E-state index contributed by atoms with van der Waals surface area (Å²) in [6, 6.07) is -3.75. The number of likely N-dealkylation sites (N-methyl/N-ethyl adjacent to an activating group) is 1. The average Bonchev–Trinajstić information content (AvgIpc) is 3.26. The molecule has 0 N–H and O–H groups in total. The first kappa shape index (κ1) is 59.2. The summed E-state index contributed by atoms with van der Waals surface area (Å²) in [5.74, 6) is -39.7. The molecular formula is C42H44ClNO20. The molecule has 0 amide bonds. The Hall–Kier alpha value is -6.87. The fourth-order valence-corrected chi connectivity index (χ4v) is 5.68. The highest BCUT2D eigenvalue weighted by molar-refractivity contribution is 6.97. The molecule has 0 rings (SSSR count). The van der Waals surface area contributed by atoms with Gasteiger partial charge in [-0.1, -0.05) is 53.4 Å². The largest absolute Gasteiger partial charge is 1.00 e. The second-order valence-electron chi connectivity index (χ2n) is 14.0. The monoisotopic (exact) mass is 917 g/mol. The van der Waals surface area contributed by atoms with E-state index in [9.17, 15) is 95.9 Å². The van der Waals surface area contributed by atoms with E-state index in [1.807, 2.05) is 0 Å². The lowest BCUT2D eigenvalue weighted by atomic mass is 9.91. The standard InChI is InChI=1S/C42H44NO20.ClH/c1-7-11-13-15-23(44)31(52)25(46)17-19-27(48)33(54)37(58)41(62)39(60)35(56)29(50)21(9-3)43(5,6)22(10-4)30(51)36(57)40(61)42(63)38(59)34(55)28(49)20-18-26(47)32(53)24(45)16-14-12-8-2;/h17-22H,7-16H2,1-6H3;1H/q+1;/p-1/b19-17-,20-18-;. The van der Waals surface area contributed by atoms with E-state index in [2.05, 4.69) is 0 Å². The molecule has 0 saturated carbocycles. The number of rotatable bonds is 34. The van der Waals surface area contributed by atoms with Gasteiger partial charge in [-0.15, -0.1) is 0 Å². The maximum Gasteiger partial charge on any atom is 0.281 e. The molecule has 22 heteroatoms. The Balaban J connectivity index is 0. The van der Waals surface area contributed by atoms with Crippen molar-refractivity contribution in [3.8, 4) is 0 Å². The number of halogens is 1. The number of ketones is 20. The van der Waals surface area contributed by atoms with Gasteiger partial charge in [0.25, 0.3) is 81.0 Å². The van der Waals surface area contributed by atoms with Crippen LogP contribution in [0.2, 0.25) is 0 Å². The van der Waals surface area contributed by atoms with Crippen molar-refractivity contribution in [2.45, 2.75) is 104 Å². The van der Waals surface area contributed by atoms with E-state index in [0.29, 0.717) is 25.7 Å². The highest BCUT2D eigenvalue weighted by Crippen LogP contribution is 2.22. The van der Waals surface area contributed by atoms with Crippen LogP contribution in [0, 0.1) is 0 Å². The average molecular weight is 918 g/mol. The van der Waals surface area contributed by atoms with Crippen LogP contribution in [-0.4, -0.2) is 146 Å². The van der Waals surface area contributed by atoms with Crippen LogP contribution in [0.3, 0.4) is 0 Å². The Morgan fingerprint density at radius 2 is 0.578 bits per heavy atom. The molecule has 0 heterocycles. The molecule has 0 radical (unpaired) electrons. The zero-order valence-electron chi connectivity index (χ0n) is 35.5. The van der Waals surface area contributed by atoms with Gasteiger partial charge in [0, 0.05) is 25.7 Å². The van der Waals surface area contributed by atoms with Crippen LogP contribution in [0.5, 0.6) is 0 Å². The van der Waals surface area contributed by atoms with Crippen LogP contribution in [0.25, 0.3) is 0 Å². The summed E-state index contributed by atoms with van der Waals surface area (Å²) in [5.41, 5.74) is 0. The second-order valence-corrected chi connectivity index (χ2v) is 14.0. The highest BCUT2D eigenvalue weighted by atomic mass is 35.5. The van der Waals surface area contributed by atoms with Gasteiger partial charge in [0.15, 0.2) is 12.1 Å². The van der Waals surface area contributed by atoms with Gasteiger partial charge in [-0.2, -0.15) is 0 Å². The summed E-state index contributed by atoms with van der Waals surface area (Å²) in [6.07, 6.45) is 1.94. The van der Waals surface area contributed by atoms with Crippen molar-refractivity contribution < 1.29 is 113 Å². The van der Waals surface area contributed by atoms with E-state index in [-0.39, 0.29) is 62.4 Å². The Bertz CT molecular complexity index is 2030. The predicted molar refractivity (Wildman–Crippen MR) is 207 cm³/mol. The van der Waals surface area contributed by atoms with Crippen molar-refractivity contribution in [2.75, 3.05) is 14.1 Å². The summed E-state index contributed by atoms with van der Waals surface area (Å²) < 4.78 is -1.10. The van der Waals surface area contributed by atoms with E-state index in [1.54, 1.807) is 13.8 Å². The molecule has 0 bridgehead atoms. The number of carbonyl (C=O) groups is 20. The van der Waals surface area contributed by atoms with Gasteiger partial charge in [0.1, 0.15) is 0 Å². The van der Waals surface area contributed by atoms with Gasteiger partial charge in [-0.3, -0.25) is 95.9 Å². The molecule has 0 aromatic heterocycles. The Labute approximate surface area is 370 Å². The number of Topliss-reactive ketones (excluding diaryl/α,β-unsaturated/α-hetero) is 16. The first-order valence-electron chi connectivity index (χ1n) is 19.2. The van der Waals surface area contributed by atoms with Crippen molar-refractivity contribution in [3.05, 3.63) is 24.3 Å². The lowest BCUT2D eigenvalue weighted by molar-refractivity contribution is -0.920. The molecule has 21 nitrogen and oxygen atoms in total. The van der Waals surface area contributed by atoms with Gasteiger partial charge >= 0.3 is 0 Å². The zero-order valence-corrected chi connectivity index (χ0v) is 36.3. The minimum atomic E-state index is -2.49. The molecule has 0 fully saturated rings. The molecule has 0 aliphatic heterocycles. The summed E-state index contributed by atoms with van der Waals surface area (Å²) in [7, 11) is 2.01. The molecular weight excluding hydrogens is 874 g/mol. The van der Waals surface area contributed by atoms with E-state index >= 15 is 0 Å². The molecule has 0 aromatic carbocycles. The van der Waals surface area contributed by atoms with Gasteiger partial charge < -0.3 is 16.9 Å². The molecule has 64 heavy (non-hydrogen) atoms. The third-order valence-corrected chi connectivity index (χ3v) is 9.27. The van der Waals surface area contributed by atoms with Gasteiger partial charge in [0.05, 0.1) is 14.1 Å². The number of carbonyl (C=O) groups excluding carboxylic acids is 20. The molecule has 0 saturated heterocycles. The SMILES string of the molecule is CCCCCC(=O)C(=O)C(=O)/C=C\C(=O)C(=O)C(=O)C(=O)C(=O)C(=O)C(=O)C(CC)[N+](C)(C)C(CC)C(=O)C(=O)C(=O)C(=O)C(=O)C(=O)C(=O)/C=C\C(=O)C(=O)C(=O)CCCCC.[Cl-]. The Kier molecular flexibility index (Phi) is 25.2. The van der Waals surface area contributed by atoms with Crippen LogP contribution < -0.4 is 12.4 Å². The van der Waals surface area contributed by atoms with Crippen LogP contribution in [0.15, 0.2) is 24.3 Å². The molecule has 2 unspecified atom stereocenters. The molecule has 0 aliphatic carbocycles. The molecule has 0 aliphatic rings. The predicted octanol–water partition coefficient (Wildman–Crippen LogP) is -4.72. The number of unbranched alkanes of at least 4 members (excludes halogenated alkanes) is 4. The van der Waals surface area contributed by atoms with Crippen molar-refractivity contribution in [2.24, 2.45) is 0 Å². The number of hydrogen-bond acceptors (Lipinski definition) is 20. The Morgan fingerprint density at radius 3 is 0.828 bits per heavy atom. The molecule has 344 valence electrons. The third kappa shape index (κ3) is 15.8. The van der Waals surface area contributed by atoms with Gasteiger partial charge in [0.2, 0.25) is 34.7 Å². The fourth-order valence-electron chi connectivity index (χ4n) is 5.68. The molecule has 2 atom stereocenters.